The van der Waals surface area contributed by atoms with Gasteiger partial charge in [0.1, 0.15) is 5.69 Å². The molecular formula is C15H18N4O. The van der Waals surface area contributed by atoms with Crippen LogP contribution in [-0.2, 0) is 0 Å². The SMILES string of the molecule is NC[C@H]1CCCN1C(=O)c1cc(-c2ccccc2)n[nH]1. The van der Waals surface area contributed by atoms with Gasteiger partial charge in [-0.25, -0.2) is 0 Å². The number of amides is 1. The van der Waals surface area contributed by atoms with Gasteiger partial charge in [-0.3, -0.25) is 9.89 Å². The lowest BCUT2D eigenvalue weighted by Crippen LogP contribution is -2.40. The number of H-pyrrole nitrogens is 1. The maximum absolute atomic E-state index is 12.5. The standard InChI is InChI=1S/C15H18N4O/c16-10-12-7-4-8-19(12)15(20)14-9-13(17-18-14)11-5-2-1-3-6-11/h1-3,5-6,9,12H,4,7-8,10,16H2,(H,17,18)/t12-/m1/s1. The van der Waals surface area contributed by atoms with Gasteiger partial charge in [-0.05, 0) is 18.9 Å². The number of nitrogens with one attached hydrogen (secondary N) is 1. The molecule has 0 radical (unpaired) electrons. The van der Waals surface area contributed by atoms with Gasteiger partial charge in [0.2, 0.25) is 0 Å². The van der Waals surface area contributed by atoms with Crippen LogP contribution in [0.5, 0.6) is 0 Å². The van der Waals surface area contributed by atoms with Crippen LogP contribution in [0.3, 0.4) is 0 Å². The summed E-state index contributed by atoms with van der Waals surface area (Å²) in [7, 11) is 0. The van der Waals surface area contributed by atoms with E-state index in [2.05, 4.69) is 10.2 Å². The van der Waals surface area contributed by atoms with E-state index in [1.54, 1.807) is 0 Å². The molecule has 5 nitrogen and oxygen atoms in total. The first-order valence-electron chi connectivity index (χ1n) is 6.91. The van der Waals surface area contributed by atoms with Crippen LogP contribution in [0.1, 0.15) is 23.3 Å². The quantitative estimate of drug-likeness (QED) is 0.890. The fourth-order valence-corrected chi connectivity index (χ4v) is 2.69. The van der Waals surface area contributed by atoms with Crippen LogP contribution in [-0.4, -0.2) is 40.1 Å². The molecule has 1 atom stereocenters. The molecule has 3 N–H and O–H groups in total. The molecule has 0 saturated carbocycles. The van der Waals surface area contributed by atoms with E-state index in [-0.39, 0.29) is 11.9 Å². The number of benzene rings is 1. The van der Waals surface area contributed by atoms with Crippen LogP contribution in [0, 0.1) is 0 Å². The maximum Gasteiger partial charge on any atom is 0.272 e. The van der Waals surface area contributed by atoms with Crippen LogP contribution in [0.4, 0.5) is 0 Å². The monoisotopic (exact) mass is 270 g/mol. The summed E-state index contributed by atoms with van der Waals surface area (Å²) < 4.78 is 0. The topological polar surface area (TPSA) is 75.0 Å². The Morgan fingerprint density at radius 1 is 1.40 bits per heavy atom. The van der Waals surface area contributed by atoms with Gasteiger partial charge in [0, 0.05) is 24.7 Å². The zero-order valence-electron chi connectivity index (χ0n) is 11.2. The van der Waals surface area contributed by atoms with Gasteiger partial charge in [0.25, 0.3) is 5.91 Å². The average molecular weight is 270 g/mol. The minimum atomic E-state index is -0.00682. The van der Waals surface area contributed by atoms with Crippen LogP contribution in [0.2, 0.25) is 0 Å². The summed E-state index contributed by atoms with van der Waals surface area (Å²) in [5, 5.41) is 7.07. The number of aromatic nitrogens is 2. The molecule has 1 aliphatic rings. The molecule has 1 aromatic heterocycles. The first-order chi connectivity index (χ1) is 9.79. The molecule has 3 rings (SSSR count). The van der Waals surface area contributed by atoms with Crippen molar-refractivity contribution in [2.75, 3.05) is 13.1 Å². The zero-order valence-corrected chi connectivity index (χ0v) is 11.2. The summed E-state index contributed by atoms with van der Waals surface area (Å²) in [6.45, 7) is 1.30. The number of aromatic amines is 1. The van der Waals surface area contributed by atoms with Crippen LogP contribution in [0.25, 0.3) is 11.3 Å². The van der Waals surface area contributed by atoms with E-state index in [9.17, 15) is 4.79 Å². The Labute approximate surface area is 117 Å². The first-order valence-corrected chi connectivity index (χ1v) is 6.91. The number of nitrogens with two attached hydrogens (primary N) is 1. The normalized spacial score (nSPS) is 18.4. The van der Waals surface area contributed by atoms with Crippen molar-refractivity contribution < 1.29 is 4.79 Å². The number of likely N-dealkylation sites (tertiary alicyclic amines) is 1. The molecule has 2 heterocycles. The molecule has 20 heavy (non-hydrogen) atoms. The molecule has 0 spiro atoms. The van der Waals surface area contributed by atoms with Gasteiger partial charge in [0.15, 0.2) is 0 Å². The van der Waals surface area contributed by atoms with Crippen molar-refractivity contribution in [2.24, 2.45) is 5.73 Å². The molecule has 1 aliphatic heterocycles. The number of hydrogen-bond donors (Lipinski definition) is 2. The molecule has 5 heteroatoms. The van der Waals surface area contributed by atoms with Gasteiger partial charge in [-0.1, -0.05) is 30.3 Å². The minimum Gasteiger partial charge on any atom is -0.333 e. The Morgan fingerprint density at radius 3 is 2.95 bits per heavy atom. The second-order valence-electron chi connectivity index (χ2n) is 5.06. The molecule has 1 saturated heterocycles. The highest BCUT2D eigenvalue weighted by atomic mass is 16.2. The van der Waals surface area contributed by atoms with Gasteiger partial charge in [-0.15, -0.1) is 0 Å². The predicted molar refractivity (Wildman–Crippen MR) is 77.1 cm³/mol. The summed E-state index contributed by atoms with van der Waals surface area (Å²) in [5.41, 5.74) is 8.04. The molecular weight excluding hydrogens is 252 g/mol. The second kappa shape index (κ2) is 5.46. The third-order valence-corrected chi connectivity index (χ3v) is 3.79. The lowest BCUT2D eigenvalue weighted by Gasteiger charge is -2.22. The lowest BCUT2D eigenvalue weighted by atomic mass is 10.1. The number of carbonyl (C=O) groups is 1. The van der Waals surface area contributed by atoms with Crippen molar-refractivity contribution in [3.63, 3.8) is 0 Å². The molecule has 2 aromatic rings. The molecule has 1 fully saturated rings. The number of rotatable bonds is 3. The zero-order chi connectivity index (χ0) is 13.9. The highest BCUT2D eigenvalue weighted by molar-refractivity contribution is 5.93. The predicted octanol–water partition coefficient (Wildman–Crippen LogP) is 1.64. The Bertz CT molecular complexity index is 593. The van der Waals surface area contributed by atoms with E-state index in [1.165, 1.54) is 0 Å². The fraction of sp³-hybridized carbons (Fsp3) is 0.333. The second-order valence-corrected chi connectivity index (χ2v) is 5.06. The third kappa shape index (κ3) is 2.32. The Hall–Kier alpha value is -2.14. The van der Waals surface area contributed by atoms with Gasteiger partial charge >= 0.3 is 0 Å². The fourth-order valence-electron chi connectivity index (χ4n) is 2.69. The third-order valence-electron chi connectivity index (χ3n) is 3.79. The van der Waals surface area contributed by atoms with E-state index in [1.807, 2.05) is 41.3 Å². The number of nitrogens with zero attached hydrogens (tertiary/aromatic N) is 2. The summed E-state index contributed by atoms with van der Waals surface area (Å²) in [6.07, 6.45) is 2.01. The Balaban J connectivity index is 1.82. The van der Waals surface area contributed by atoms with Crippen LogP contribution < -0.4 is 5.73 Å². The summed E-state index contributed by atoms with van der Waals surface area (Å²) in [4.78, 5) is 14.3. The van der Waals surface area contributed by atoms with E-state index < -0.39 is 0 Å². The highest BCUT2D eigenvalue weighted by Gasteiger charge is 2.29. The molecule has 1 amide bonds. The summed E-state index contributed by atoms with van der Waals surface area (Å²) >= 11 is 0. The van der Waals surface area contributed by atoms with E-state index in [0.717, 1.165) is 30.6 Å². The van der Waals surface area contributed by atoms with E-state index in [0.29, 0.717) is 12.2 Å². The molecule has 0 bridgehead atoms. The summed E-state index contributed by atoms with van der Waals surface area (Å²) in [5.74, 6) is -0.00682. The van der Waals surface area contributed by atoms with E-state index in [4.69, 9.17) is 5.73 Å². The largest absolute Gasteiger partial charge is 0.333 e. The number of carbonyl (C=O) groups excluding carboxylic acids is 1. The first kappa shape index (κ1) is 12.9. The Morgan fingerprint density at radius 2 is 2.20 bits per heavy atom. The van der Waals surface area contributed by atoms with Crippen molar-refractivity contribution in [1.82, 2.24) is 15.1 Å². The molecule has 0 unspecified atom stereocenters. The Kier molecular flexibility index (Phi) is 3.52. The molecule has 0 aliphatic carbocycles. The van der Waals surface area contributed by atoms with Gasteiger partial charge in [0.05, 0.1) is 5.69 Å². The van der Waals surface area contributed by atoms with Gasteiger partial charge < -0.3 is 10.6 Å². The molecule has 104 valence electrons. The number of hydrogen-bond acceptors (Lipinski definition) is 3. The van der Waals surface area contributed by atoms with Crippen molar-refractivity contribution >= 4 is 5.91 Å². The summed E-state index contributed by atoms with van der Waals surface area (Å²) in [6, 6.07) is 11.8. The van der Waals surface area contributed by atoms with Crippen molar-refractivity contribution in [2.45, 2.75) is 18.9 Å². The van der Waals surface area contributed by atoms with Gasteiger partial charge in [-0.2, -0.15) is 5.10 Å². The lowest BCUT2D eigenvalue weighted by molar-refractivity contribution is 0.0735. The van der Waals surface area contributed by atoms with E-state index >= 15 is 0 Å². The maximum atomic E-state index is 12.5. The van der Waals surface area contributed by atoms with Crippen LogP contribution >= 0.6 is 0 Å². The smallest absolute Gasteiger partial charge is 0.272 e. The van der Waals surface area contributed by atoms with Crippen molar-refractivity contribution in [3.8, 4) is 11.3 Å². The van der Waals surface area contributed by atoms with Crippen LogP contribution in [0.15, 0.2) is 36.4 Å². The highest BCUT2D eigenvalue weighted by Crippen LogP contribution is 2.21. The van der Waals surface area contributed by atoms with Crippen molar-refractivity contribution in [3.05, 3.63) is 42.1 Å². The minimum absolute atomic E-state index is 0.00682. The molecule has 1 aromatic carbocycles. The average Bonchev–Trinajstić information content (AvgIpc) is 3.16. The van der Waals surface area contributed by atoms with Crippen molar-refractivity contribution in [1.29, 1.82) is 0 Å².